The fraction of sp³-hybridized carbons (Fsp3) is 0.478. The Kier molecular flexibility index (Phi) is 12.7. The zero-order valence-corrected chi connectivity index (χ0v) is 20.9. The Bertz CT molecular complexity index is 850. The summed E-state index contributed by atoms with van der Waals surface area (Å²) in [5.74, 6) is 0.630. The molecule has 0 radical (unpaired) electrons. The molecular formula is C23H31NaO5S. The summed E-state index contributed by atoms with van der Waals surface area (Å²) in [5, 5.41) is 11.2. The van der Waals surface area contributed by atoms with Gasteiger partial charge in [0.1, 0.15) is 11.5 Å². The van der Waals surface area contributed by atoms with Crippen LogP contribution in [0.25, 0.3) is 0 Å². The van der Waals surface area contributed by atoms with Gasteiger partial charge in [0, 0.05) is 6.07 Å². The maximum absolute atomic E-state index is 11.6. The molecule has 0 bridgehead atoms. The van der Waals surface area contributed by atoms with Crippen LogP contribution in [0.15, 0.2) is 47.4 Å². The van der Waals surface area contributed by atoms with Gasteiger partial charge in [-0.25, -0.2) is 0 Å². The second-order valence-electron chi connectivity index (χ2n) is 7.44. The van der Waals surface area contributed by atoms with Crippen molar-refractivity contribution in [3.05, 3.63) is 48.0 Å². The molecule has 5 nitrogen and oxygen atoms in total. The van der Waals surface area contributed by atoms with Crippen molar-refractivity contribution in [2.45, 2.75) is 76.0 Å². The first-order chi connectivity index (χ1) is 13.9. The van der Waals surface area contributed by atoms with Gasteiger partial charge in [-0.1, -0.05) is 70.4 Å². The maximum Gasteiger partial charge on any atom is 1.00 e. The van der Waals surface area contributed by atoms with Crippen LogP contribution in [0.5, 0.6) is 17.2 Å². The van der Waals surface area contributed by atoms with Gasteiger partial charge in [-0.2, -0.15) is 8.42 Å². The van der Waals surface area contributed by atoms with Crippen LogP contribution >= 0.6 is 0 Å². The zero-order chi connectivity index (χ0) is 21.1. The van der Waals surface area contributed by atoms with Crippen molar-refractivity contribution >= 4 is 10.1 Å². The summed E-state index contributed by atoms with van der Waals surface area (Å²) in [6.07, 6.45) is 11.6. The van der Waals surface area contributed by atoms with Crippen LogP contribution in [0.3, 0.4) is 0 Å². The van der Waals surface area contributed by atoms with E-state index >= 15 is 0 Å². The first-order valence-corrected chi connectivity index (χ1v) is 11.9. The van der Waals surface area contributed by atoms with E-state index < -0.39 is 10.1 Å². The van der Waals surface area contributed by atoms with E-state index in [0.29, 0.717) is 11.5 Å². The van der Waals surface area contributed by atoms with Gasteiger partial charge in [0.05, 0.1) is 4.90 Å². The SMILES string of the molecule is CCCCCCCCCCCc1cc(Oc2ccc([O-])cc2)cc(S(=O)(=O)O)c1.[Na+]. The molecule has 0 aliphatic carbocycles. The van der Waals surface area contributed by atoms with Crippen LogP contribution in [0.2, 0.25) is 0 Å². The third kappa shape index (κ3) is 10.3. The molecule has 0 saturated heterocycles. The Balaban J connectivity index is 0.00000450. The predicted molar refractivity (Wildman–Crippen MR) is 113 cm³/mol. The summed E-state index contributed by atoms with van der Waals surface area (Å²) in [6, 6.07) is 10.4. The molecule has 0 heterocycles. The largest absolute Gasteiger partial charge is 1.00 e. The van der Waals surface area contributed by atoms with Gasteiger partial charge in [-0.05, 0) is 42.7 Å². The van der Waals surface area contributed by atoms with Crippen LogP contribution in [-0.4, -0.2) is 13.0 Å². The molecule has 2 aromatic rings. The molecular weight excluding hydrogens is 411 g/mol. The molecule has 160 valence electrons. The Hall–Kier alpha value is -1.05. The number of unbranched alkanes of at least 4 members (excludes halogenated alkanes) is 8. The van der Waals surface area contributed by atoms with E-state index in [2.05, 4.69) is 6.92 Å². The third-order valence-corrected chi connectivity index (χ3v) is 5.70. The molecule has 0 aliphatic heterocycles. The fourth-order valence-electron chi connectivity index (χ4n) is 3.27. The van der Waals surface area contributed by atoms with Crippen LogP contribution in [0.1, 0.15) is 70.3 Å². The molecule has 1 N–H and O–H groups in total. The second-order valence-corrected chi connectivity index (χ2v) is 8.86. The van der Waals surface area contributed by atoms with Crippen LogP contribution in [0.4, 0.5) is 0 Å². The molecule has 0 amide bonds. The monoisotopic (exact) mass is 442 g/mol. The molecule has 0 unspecified atom stereocenters. The van der Waals surface area contributed by atoms with Crippen molar-refractivity contribution < 1.29 is 52.4 Å². The van der Waals surface area contributed by atoms with E-state index in [1.165, 1.54) is 81.3 Å². The molecule has 0 spiro atoms. The molecule has 0 aromatic heterocycles. The molecule has 0 atom stereocenters. The predicted octanol–water partition coefficient (Wildman–Crippen LogP) is 2.88. The van der Waals surface area contributed by atoms with Gasteiger partial charge in [0.2, 0.25) is 0 Å². The quantitative estimate of drug-likeness (QED) is 0.293. The van der Waals surface area contributed by atoms with Crippen molar-refractivity contribution in [2.24, 2.45) is 0 Å². The van der Waals surface area contributed by atoms with Crippen LogP contribution in [0, 0.1) is 0 Å². The van der Waals surface area contributed by atoms with Crippen molar-refractivity contribution in [2.75, 3.05) is 0 Å². The number of aryl methyl sites for hydroxylation is 1. The Labute approximate surface area is 202 Å². The van der Waals surface area contributed by atoms with Crippen LogP contribution in [-0.2, 0) is 16.5 Å². The summed E-state index contributed by atoms with van der Waals surface area (Å²) < 4.78 is 38.4. The number of rotatable bonds is 13. The first kappa shape index (κ1) is 27.0. The Morgan fingerprint density at radius 1 is 0.833 bits per heavy atom. The minimum atomic E-state index is -4.33. The number of benzene rings is 2. The molecule has 7 heteroatoms. The van der Waals surface area contributed by atoms with Crippen molar-refractivity contribution in [3.63, 3.8) is 0 Å². The van der Waals surface area contributed by atoms with E-state index in [1.807, 2.05) is 0 Å². The summed E-state index contributed by atoms with van der Waals surface area (Å²) in [5.41, 5.74) is 0.804. The summed E-state index contributed by atoms with van der Waals surface area (Å²) in [7, 11) is -4.33. The van der Waals surface area contributed by atoms with E-state index in [4.69, 9.17) is 4.74 Å². The average Bonchev–Trinajstić information content (AvgIpc) is 2.68. The molecule has 0 aliphatic rings. The van der Waals surface area contributed by atoms with Crippen molar-refractivity contribution in [1.29, 1.82) is 0 Å². The van der Waals surface area contributed by atoms with Gasteiger partial charge in [-0.15, -0.1) is 5.75 Å². The molecule has 0 saturated carbocycles. The second kappa shape index (κ2) is 14.1. The minimum absolute atomic E-state index is 0. The van der Waals surface area contributed by atoms with Gasteiger partial charge >= 0.3 is 29.6 Å². The maximum atomic E-state index is 11.6. The zero-order valence-electron chi connectivity index (χ0n) is 18.1. The molecule has 0 fully saturated rings. The molecule has 2 aromatic carbocycles. The normalized spacial score (nSPS) is 11.1. The van der Waals surface area contributed by atoms with E-state index in [-0.39, 0.29) is 40.2 Å². The average molecular weight is 443 g/mol. The fourth-order valence-corrected chi connectivity index (χ4v) is 3.83. The van der Waals surface area contributed by atoms with Crippen molar-refractivity contribution in [1.82, 2.24) is 0 Å². The van der Waals surface area contributed by atoms with Crippen molar-refractivity contribution in [3.8, 4) is 17.2 Å². The van der Waals surface area contributed by atoms with E-state index in [9.17, 15) is 18.1 Å². The molecule has 30 heavy (non-hydrogen) atoms. The van der Waals surface area contributed by atoms with E-state index in [0.717, 1.165) is 24.8 Å². The minimum Gasteiger partial charge on any atom is -0.872 e. The number of ether oxygens (including phenoxy) is 1. The van der Waals surface area contributed by atoms with Gasteiger partial charge in [0.25, 0.3) is 10.1 Å². The summed E-state index contributed by atoms with van der Waals surface area (Å²) in [6.45, 7) is 2.22. The summed E-state index contributed by atoms with van der Waals surface area (Å²) in [4.78, 5) is -0.179. The number of hydrogen-bond acceptors (Lipinski definition) is 4. The van der Waals surface area contributed by atoms with E-state index in [1.54, 1.807) is 6.07 Å². The van der Waals surface area contributed by atoms with Crippen LogP contribution < -0.4 is 39.4 Å². The van der Waals surface area contributed by atoms with Gasteiger partial charge in [-0.3, -0.25) is 4.55 Å². The Morgan fingerprint density at radius 2 is 1.40 bits per heavy atom. The topological polar surface area (TPSA) is 86.7 Å². The standard InChI is InChI=1S/C23H32O5S.Na/c1-2-3-4-5-6-7-8-9-10-11-19-16-22(18-23(17-19)29(25,26)27)28-21-14-12-20(24)13-15-21;/h12-18,24H,2-11H2,1H3,(H,25,26,27);/q;+1/p-1. The molecule has 2 rings (SSSR count). The number of hydrogen-bond donors (Lipinski definition) is 1. The van der Waals surface area contributed by atoms with Gasteiger partial charge < -0.3 is 9.84 Å². The summed E-state index contributed by atoms with van der Waals surface area (Å²) >= 11 is 0. The first-order valence-electron chi connectivity index (χ1n) is 10.4. The van der Waals surface area contributed by atoms with Gasteiger partial charge in [0.15, 0.2) is 0 Å². The third-order valence-electron chi connectivity index (χ3n) is 4.87. The Morgan fingerprint density at radius 3 is 1.97 bits per heavy atom. The smallest absolute Gasteiger partial charge is 0.872 e.